The van der Waals surface area contributed by atoms with Gasteiger partial charge in [-0.2, -0.15) is 0 Å². The van der Waals surface area contributed by atoms with E-state index in [9.17, 15) is 4.39 Å². The van der Waals surface area contributed by atoms with Crippen LogP contribution in [-0.4, -0.2) is 4.83 Å². The molecule has 0 spiro atoms. The molecule has 0 aliphatic carbocycles. The van der Waals surface area contributed by atoms with E-state index in [1.165, 1.54) is 0 Å². The van der Waals surface area contributed by atoms with E-state index in [4.69, 9.17) is 0 Å². The lowest BCUT2D eigenvalue weighted by Gasteiger charge is -2.27. The first-order valence-electron chi connectivity index (χ1n) is 5.23. The summed E-state index contributed by atoms with van der Waals surface area (Å²) in [7, 11) is 0. The normalized spacial score (nSPS) is 14.0. The van der Waals surface area contributed by atoms with E-state index in [0.29, 0.717) is 10.4 Å². The third-order valence-electron chi connectivity index (χ3n) is 2.74. The summed E-state index contributed by atoms with van der Waals surface area (Å²) in [5.74, 6) is -0.109. The molecule has 0 aromatic heterocycles. The zero-order valence-corrected chi connectivity index (χ0v) is 11.4. The largest absolute Gasteiger partial charge is 0.207 e. The molecule has 15 heavy (non-hydrogen) atoms. The van der Waals surface area contributed by atoms with Crippen LogP contribution >= 0.6 is 15.9 Å². The van der Waals surface area contributed by atoms with Gasteiger partial charge < -0.3 is 0 Å². The third-order valence-corrected chi connectivity index (χ3v) is 3.07. The van der Waals surface area contributed by atoms with Crippen LogP contribution < -0.4 is 0 Å². The van der Waals surface area contributed by atoms with Gasteiger partial charge in [-0.3, -0.25) is 0 Å². The van der Waals surface area contributed by atoms with Gasteiger partial charge in [-0.25, -0.2) is 4.39 Å². The highest BCUT2D eigenvalue weighted by atomic mass is 79.9. The number of rotatable bonds is 3. The zero-order valence-electron chi connectivity index (χ0n) is 9.77. The van der Waals surface area contributed by atoms with Gasteiger partial charge >= 0.3 is 0 Å². The van der Waals surface area contributed by atoms with E-state index >= 15 is 0 Å². The van der Waals surface area contributed by atoms with Crippen molar-refractivity contribution in [2.45, 2.75) is 44.4 Å². The predicted octanol–water partition coefficient (Wildman–Crippen LogP) is 4.59. The van der Waals surface area contributed by atoms with Crippen LogP contribution in [0, 0.1) is 12.7 Å². The van der Waals surface area contributed by atoms with Crippen LogP contribution in [0.15, 0.2) is 18.2 Å². The average molecular weight is 273 g/mol. The Hall–Kier alpha value is -0.370. The summed E-state index contributed by atoms with van der Waals surface area (Å²) in [6.07, 6.45) is 0.996. The highest BCUT2D eigenvalue weighted by Gasteiger charge is 2.23. The fraction of sp³-hybridized carbons (Fsp3) is 0.538. The molecule has 0 saturated carbocycles. The molecule has 2 heteroatoms. The van der Waals surface area contributed by atoms with E-state index in [2.05, 4.69) is 36.7 Å². The van der Waals surface area contributed by atoms with Crippen LogP contribution in [0.2, 0.25) is 0 Å². The molecule has 1 aromatic rings. The van der Waals surface area contributed by atoms with Crippen molar-refractivity contribution in [2.75, 3.05) is 0 Å². The molecule has 84 valence electrons. The van der Waals surface area contributed by atoms with Gasteiger partial charge in [-0.1, -0.05) is 48.8 Å². The topological polar surface area (TPSA) is 0 Å². The molecule has 0 fully saturated rings. The minimum Gasteiger partial charge on any atom is -0.207 e. The third kappa shape index (κ3) is 3.30. The van der Waals surface area contributed by atoms with Crippen molar-refractivity contribution in [3.8, 4) is 0 Å². The lowest BCUT2D eigenvalue weighted by atomic mass is 9.80. The van der Waals surface area contributed by atoms with Gasteiger partial charge in [0.2, 0.25) is 0 Å². The van der Waals surface area contributed by atoms with E-state index in [1.54, 1.807) is 13.0 Å². The summed E-state index contributed by atoms with van der Waals surface area (Å²) in [4.78, 5) is 0.442. The van der Waals surface area contributed by atoms with Crippen LogP contribution in [0.1, 0.15) is 38.3 Å². The molecule has 0 amide bonds. The van der Waals surface area contributed by atoms with Crippen LogP contribution in [0.4, 0.5) is 4.39 Å². The quantitative estimate of drug-likeness (QED) is 0.707. The number of alkyl halides is 1. The van der Waals surface area contributed by atoms with E-state index in [0.717, 1.165) is 12.0 Å². The second kappa shape index (κ2) is 4.65. The van der Waals surface area contributed by atoms with Crippen LogP contribution in [-0.2, 0) is 5.41 Å². The maximum atomic E-state index is 13.4. The molecule has 0 radical (unpaired) electrons. The Labute approximate surface area is 100 Å². The van der Waals surface area contributed by atoms with Gasteiger partial charge in [0.05, 0.1) is 0 Å². The number of hydrogen-bond acceptors (Lipinski definition) is 0. The fourth-order valence-electron chi connectivity index (χ4n) is 1.83. The monoisotopic (exact) mass is 272 g/mol. The highest BCUT2D eigenvalue weighted by molar-refractivity contribution is 9.09. The Balaban J connectivity index is 2.99. The molecule has 0 aliphatic rings. The SMILES string of the molecule is Cc1ccc(C(C)(C)CC(C)Br)cc1F. The van der Waals surface area contributed by atoms with Crippen LogP contribution in [0.25, 0.3) is 0 Å². The lowest BCUT2D eigenvalue weighted by Crippen LogP contribution is -2.20. The average Bonchev–Trinajstić information content (AvgIpc) is 2.07. The summed E-state index contributed by atoms with van der Waals surface area (Å²) in [6, 6.07) is 5.53. The maximum absolute atomic E-state index is 13.4. The minimum absolute atomic E-state index is 0.0114. The smallest absolute Gasteiger partial charge is 0.126 e. The lowest BCUT2D eigenvalue weighted by molar-refractivity contribution is 0.477. The number of benzene rings is 1. The van der Waals surface area contributed by atoms with Gasteiger partial charge in [-0.15, -0.1) is 0 Å². The Morgan fingerprint density at radius 1 is 1.40 bits per heavy atom. The molecule has 0 bridgehead atoms. The highest BCUT2D eigenvalue weighted by Crippen LogP contribution is 2.31. The fourth-order valence-corrected chi connectivity index (χ4v) is 2.64. The Morgan fingerprint density at radius 3 is 2.47 bits per heavy atom. The minimum atomic E-state index is -0.109. The van der Waals surface area contributed by atoms with Gasteiger partial charge in [-0.05, 0) is 36.0 Å². The van der Waals surface area contributed by atoms with Crippen molar-refractivity contribution < 1.29 is 4.39 Å². The molecule has 0 N–H and O–H groups in total. The molecule has 0 heterocycles. The van der Waals surface area contributed by atoms with E-state index in [-0.39, 0.29) is 11.2 Å². The Kier molecular flexibility index (Phi) is 3.93. The van der Waals surface area contributed by atoms with Gasteiger partial charge in [0.25, 0.3) is 0 Å². The summed E-state index contributed by atoms with van der Waals surface area (Å²) in [6.45, 7) is 8.20. The zero-order chi connectivity index (χ0) is 11.6. The molecular weight excluding hydrogens is 255 g/mol. The molecular formula is C13H18BrF. The molecule has 0 aliphatic heterocycles. The first-order chi connectivity index (χ1) is 6.83. The van der Waals surface area contributed by atoms with Crippen LogP contribution in [0.5, 0.6) is 0 Å². The Morgan fingerprint density at radius 2 is 2.00 bits per heavy atom. The molecule has 1 aromatic carbocycles. The summed E-state index contributed by atoms with van der Waals surface area (Å²) < 4.78 is 13.4. The van der Waals surface area contributed by atoms with Crippen molar-refractivity contribution in [3.05, 3.63) is 35.1 Å². The molecule has 1 atom stereocenters. The van der Waals surface area contributed by atoms with Crippen molar-refractivity contribution in [2.24, 2.45) is 0 Å². The summed E-state index contributed by atoms with van der Waals surface area (Å²) in [5, 5.41) is 0. The van der Waals surface area contributed by atoms with Gasteiger partial charge in [0.15, 0.2) is 0 Å². The first kappa shape index (κ1) is 12.7. The number of aryl methyl sites for hydroxylation is 1. The van der Waals surface area contributed by atoms with Gasteiger partial charge in [0.1, 0.15) is 5.82 Å². The second-order valence-corrected chi connectivity index (χ2v) is 6.40. The predicted molar refractivity (Wildman–Crippen MR) is 67.2 cm³/mol. The van der Waals surface area contributed by atoms with Gasteiger partial charge in [0, 0.05) is 4.83 Å². The van der Waals surface area contributed by atoms with Crippen LogP contribution in [0.3, 0.4) is 0 Å². The maximum Gasteiger partial charge on any atom is 0.126 e. The molecule has 1 rings (SSSR count). The summed E-state index contributed by atoms with van der Waals surface area (Å²) in [5.41, 5.74) is 1.79. The number of hydrogen-bond donors (Lipinski definition) is 0. The van der Waals surface area contributed by atoms with Crippen molar-refractivity contribution in [1.29, 1.82) is 0 Å². The molecule has 1 unspecified atom stereocenters. The van der Waals surface area contributed by atoms with Crippen molar-refractivity contribution in [1.82, 2.24) is 0 Å². The number of halogens is 2. The van der Waals surface area contributed by atoms with E-state index < -0.39 is 0 Å². The van der Waals surface area contributed by atoms with Crippen molar-refractivity contribution in [3.63, 3.8) is 0 Å². The van der Waals surface area contributed by atoms with E-state index in [1.807, 2.05) is 12.1 Å². The standard InChI is InChI=1S/C13H18BrF/c1-9-5-6-11(7-12(9)15)13(3,4)8-10(2)14/h5-7,10H,8H2,1-4H3. The summed E-state index contributed by atoms with van der Waals surface area (Å²) >= 11 is 3.55. The van der Waals surface area contributed by atoms with Crippen molar-refractivity contribution >= 4 is 15.9 Å². The molecule has 0 nitrogen and oxygen atoms in total. The first-order valence-corrected chi connectivity index (χ1v) is 6.15. The Bertz CT molecular complexity index is 342. The second-order valence-electron chi connectivity index (χ2n) is 4.83. The molecule has 0 saturated heterocycles.